The van der Waals surface area contributed by atoms with Crippen molar-refractivity contribution in [3.63, 3.8) is 0 Å². The smallest absolute Gasteiger partial charge is 0.228 e. The fourth-order valence-electron chi connectivity index (χ4n) is 2.21. The lowest BCUT2D eigenvalue weighted by molar-refractivity contribution is -0.116. The normalized spacial score (nSPS) is 10.6. The van der Waals surface area contributed by atoms with Crippen LogP contribution in [-0.4, -0.2) is 32.8 Å². The number of nitrogens with one attached hydrogen (secondary N) is 1. The van der Waals surface area contributed by atoms with Crippen LogP contribution in [0.2, 0.25) is 0 Å². The van der Waals surface area contributed by atoms with Crippen LogP contribution in [0.25, 0.3) is 11.3 Å². The van der Waals surface area contributed by atoms with Gasteiger partial charge in [-0.25, -0.2) is 9.97 Å². The van der Waals surface area contributed by atoms with Crippen molar-refractivity contribution in [2.45, 2.75) is 19.9 Å². The van der Waals surface area contributed by atoms with E-state index in [0.29, 0.717) is 18.1 Å². The number of hydrogen-bond donors (Lipinski definition) is 1. The third-order valence-electron chi connectivity index (χ3n) is 3.44. The number of aryl methyl sites for hydroxylation is 2. The Balaban J connectivity index is 1.65. The van der Waals surface area contributed by atoms with Crippen LogP contribution in [0.4, 0.5) is 5.13 Å². The van der Waals surface area contributed by atoms with Crippen LogP contribution in [0.5, 0.6) is 5.75 Å². The Kier molecular flexibility index (Phi) is 4.85. The highest BCUT2D eigenvalue weighted by atomic mass is 32.1. The molecule has 1 N–H and O–H groups in total. The number of carbonyl (C=O) groups is 1. The maximum Gasteiger partial charge on any atom is 0.228 e. The molecule has 0 aliphatic rings. The van der Waals surface area contributed by atoms with Crippen molar-refractivity contribution in [2.75, 3.05) is 12.4 Å². The monoisotopic (exact) mass is 343 g/mol. The van der Waals surface area contributed by atoms with Crippen molar-refractivity contribution in [3.8, 4) is 17.0 Å². The van der Waals surface area contributed by atoms with E-state index in [4.69, 9.17) is 4.74 Å². The van der Waals surface area contributed by atoms with E-state index in [1.54, 1.807) is 18.1 Å². The molecule has 0 aliphatic carbocycles. The van der Waals surface area contributed by atoms with Gasteiger partial charge in [-0.05, 0) is 31.2 Å². The number of ether oxygens (including phenoxy) is 1. The third-order valence-corrected chi connectivity index (χ3v) is 4.33. The first-order chi connectivity index (χ1) is 11.7. The van der Waals surface area contributed by atoms with Gasteiger partial charge < -0.3 is 10.1 Å². The van der Waals surface area contributed by atoms with Crippen LogP contribution in [0, 0.1) is 6.92 Å². The lowest BCUT2D eigenvalue weighted by Crippen LogP contribution is -2.14. The second-order valence-corrected chi connectivity index (χ2v) is 6.31. The maximum atomic E-state index is 12.0. The average molecular weight is 343 g/mol. The molecule has 0 aliphatic heterocycles. The number of carbonyl (C=O) groups excluding carboxylic acids is 1. The first-order valence-electron chi connectivity index (χ1n) is 7.40. The first-order valence-corrected chi connectivity index (χ1v) is 8.21. The van der Waals surface area contributed by atoms with Gasteiger partial charge in [-0.3, -0.25) is 9.48 Å². The summed E-state index contributed by atoms with van der Waals surface area (Å²) in [4.78, 5) is 21.5. The van der Waals surface area contributed by atoms with Crippen LogP contribution in [0.1, 0.15) is 11.3 Å². The van der Waals surface area contributed by atoms with E-state index in [-0.39, 0.29) is 5.91 Å². The van der Waals surface area contributed by atoms with Gasteiger partial charge >= 0.3 is 0 Å². The Morgan fingerprint density at radius 3 is 2.79 bits per heavy atom. The summed E-state index contributed by atoms with van der Waals surface area (Å²) in [5.74, 6) is 0.703. The number of amides is 1. The maximum absolute atomic E-state index is 12.0. The predicted molar refractivity (Wildman–Crippen MR) is 92.1 cm³/mol. The van der Waals surface area contributed by atoms with Crippen molar-refractivity contribution in [3.05, 3.63) is 41.8 Å². The van der Waals surface area contributed by atoms with E-state index in [9.17, 15) is 4.79 Å². The highest BCUT2D eigenvalue weighted by Gasteiger charge is 2.12. The van der Waals surface area contributed by atoms with Gasteiger partial charge in [0.25, 0.3) is 0 Å². The molecule has 0 fully saturated rings. The average Bonchev–Trinajstić information content (AvgIpc) is 3.23. The minimum absolute atomic E-state index is 0.0967. The highest BCUT2D eigenvalue weighted by molar-refractivity contribution is 7.16. The molecular formula is C16H17N5O2S. The lowest BCUT2D eigenvalue weighted by atomic mass is 10.1. The Morgan fingerprint density at radius 1 is 1.33 bits per heavy atom. The number of methoxy groups -OCH3 is 1. The van der Waals surface area contributed by atoms with E-state index in [0.717, 1.165) is 21.9 Å². The number of aromatic nitrogens is 4. The lowest BCUT2D eigenvalue weighted by Gasteiger charge is -2.02. The number of benzene rings is 1. The van der Waals surface area contributed by atoms with E-state index < -0.39 is 0 Å². The zero-order valence-electron chi connectivity index (χ0n) is 13.4. The molecule has 7 nitrogen and oxygen atoms in total. The van der Waals surface area contributed by atoms with Crippen LogP contribution in [0.15, 0.2) is 36.9 Å². The largest absolute Gasteiger partial charge is 0.497 e. The Hall–Kier alpha value is -2.74. The molecule has 0 unspecified atom stereocenters. The molecule has 3 rings (SSSR count). The molecule has 2 heterocycles. The number of anilines is 1. The zero-order chi connectivity index (χ0) is 16.9. The van der Waals surface area contributed by atoms with Crippen LogP contribution < -0.4 is 10.1 Å². The van der Waals surface area contributed by atoms with Gasteiger partial charge in [0, 0.05) is 16.9 Å². The van der Waals surface area contributed by atoms with E-state index in [1.165, 1.54) is 17.7 Å². The molecule has 0 saturated heterocycles. The third kappa shape index (κ3) is 3.77. The van der Waals surface area contributed by atoms with Crippen LogP contribution in [0.3, 0.4) is 0 Å². The quantitative estimate of drug-likeness (QED) is 0.744. The molecule has 8 heteroatoms. The number of rotatable bonds is 6. The fraction of sp³-hybridized carbons (Fsp3) is 0.250. The minimum Gasteiger partial charge on any atom is -0.497 e. The van der Waals surface area contributed by atoms with E-state index in [2.05, 4.69) is 20.4 Å². The van der Waals surface area contributed by atoms with Crippen molar-refractivity contribution < 1.29 is 9.53 Å². The molecule has 0 saturated carbocycles. The van der Waals surface area contributed by atoms with Crippen molar-refractivity contribution in [1.82, 2.24) is 19.7 Å². The molecule has 0 radical (unpaired) electrons. The number of nitrogens with zero attached hydrogens (tertiary/aromatic N) is 4. The Bertz CT molecular complexity index is 812. The molecule has 0 spiro atoms. The summed E-state index contributed by atoms with van der Waals surface area (Å²) in [5.41, 5.74) is 1.86. The Labute approximate surface area is 143 Å². The van der Waals surface area contributed by atoms with E-state index in [1.807, 2.05) is 31.2 Å². The van der Waals surface area contributed by atoms with Crippen LogP contribution in [-0.2, 0) is 11.3 Å². The topological polar surface area (TPSA) is 81.9 Å². The second kappa shape index (κ2) is 7.22. The fourth-order valence-corrected chi connectivity index (χ4v) is 3.06. The number of hydrogen-bond acceptors (Lipinski definition) is 6. The van der Waals surface area contributed by atoms with Crippen molar-refractivity contribution >= 4 is 22.4 Å². The summed E-state index contributed by atoms with van der Waals surface area (Å²) in [6.07, 6.45) is 3.35. The van der Waals surface area contributed by atoms with Gasteiger partial charge in [-0.15, -0.1) is 11.3 Å². The van der Waals surface area contributed by atoms with Gasteiger partial charge in [-0.1, -0.05) is 0 Å². The molecule has 0 bridgehead atoms. The van der Waals surface area contributed by atoms with Crippen LogP contribution >= 0.6 is 11.3 Å². The molecule has 1 amide bonds. The number of thiazole rings is 1. The highest BCUT2D eigenvalue weighted by Crippen LogP contribution is 2.31. The summed E-state index contributed by atoms with van der Waals surface area (Å²) in [6.45, 7) is 2.48. The summed E-state index contributed by atoms with van der Waals surface area (Å²) < 4.78 is 6.78. The van der Waals surface area contributed by atoms with Gasteiger partial charge in [0.05, 0.1) is 19.3 Å². The summed E-state index contributed by atoms with van der Waals surface area (Å²) in [7, 11) is 1.63. The summed E-state index contributed by atoms with van der Waals surface area (Å²) in [6, 6.07) is 7.70. The zero-order valence-corrected chi connectivity index (χ0v) is 14.2. The Morgan fingerprint density at radius 2 is 2.12 bits per heavy atom. The molecular weight excluding hydrogens is 326 g/mol. The van der Waals surface area contributed by atoms with Gasteiger partial charge in [-0.2, -0.15) is 5.10 Å². The van der Waals surface area contributed by atoms with E-state index >= 15 is 0 Å². The standard InChI is InChI=1S/C16H17N5O2S/c1-11-15(12-3-5-13(23-2)6-4-12)20-16(24-11)19-14(22)7-8-21-10-17-9-18-21/h3-6,9-10H,7-8H2,1-2H3,(H,19,20,22). The SMILES string of the molecule is COc1ccc(-c2nc(NC(=O)CCn3cncn3)sc2C)cc1. The molecule has 1 aromatic carbocycles. The molecule has 2 aromatic heterocycles. The molecule has 124 valence electrons. The van der Waals surface area contributed by atoms with Gasteiger partial charge in [0.1, 0.15) is 18.4 Å². The van der Waals surface area contributed by atoms with Crippen molar-refractivity contribution in [1.29, 1.82) is 0 Å². The summed E-state index contributed by atoms with van der Waals surface area (Å²) >= 11 is 1.46. The first kappa shape index (κ1) is 16.1. The molecule has 3 aromatic rings. The summed E-state index contributed by atoms with van der Waals surface area (Å²) in [5, 5.41) is 7.41. The molecule has 0 atom stereocenters. The minimum atomic E-state index is -0.0967. The molecule has 24 heavy (non-hydrogen) atoms. The van der Waals surface area contributed by atoms with Gasteiger partial charge in [0.15, 0.2) is 5.13 Å². The van der Waals surface area contributed by atoms with Gasteiger partial charge in [0.2, 0.25) is 5.91 Å². The predicted octanol–water partition coefficient (Wildman–Crippen LogP) is 2.75. The second-order valence-electron chi connectivity index (χ2n) is 5.11. The van der Waals surface area contributed by atoms with Crippen molar-refractivity contribution in [2.24, 2.45) is 0 Å².